The Hall–Kier alpha value is -1.03. The van der Waals surface area contributed by atoms with Crippen LogP contribution in [-0.4, -0.2) is 33.0 Å². The topological polar surface area (TPSA) is 134 Å². The number of hydrogen-bond donors (Lipinski definition) is 4. The zero-order chi connectivity index (χ0) is 19.3. The molecular formula is C12H15F3O8P2. The largest absolute Gasteiger partial charge is 0.481 e. The first-order valence-corrected chi connectivity index (χ1v) is 9.54. The number of rotatable bonds is 8. The summed E-state index contributed by atoms with van der Waals surface area (Å²) in [7, 11) is -10.2. The van der Waals surface area contributed by atoms with Crippen molar-refractivity contribution in [2.75, 3.05) is 13.2 Å². The van der Waals surface area contributed by atoms with Crippen LogP contribution in [-0.2, 0) is 30.6 Å². The third-order valence-electron chi connectivity index (χ3n) is 2.73. The maximum absolute atomic E-state index is 12.5. The van der Waals surface area contributed by atoms with E-state index in [1.807, 2.05) is 0 Å². The smallest absolute Gasteiger partial charge is 0.392 e. The van der Waals surface area contributed by atoms with Crippen LogP contribution >= 0.6 is 15.6 Å². The van der Waals surface area contributed by atoms with Crippen molar-refractivity contribution in [3.05, 3.63) is 47.0 Å². The summed E-state index contributed by atoms with van der Waals surface area (Å²) < 4.78 is 66.9. The van der Waals surface area contributed by atoms with E-state index in [0.29, 0.717) is 5.56 Å². The molecule has 0 heterocycles. The molecule has 1 aromatic carbocycles. The predicted molar refractivity (Wildman–Crippen MR) is 79.2 cm³/mol. The summed E-state index contributed by atoms with van der Waals surface area (Å²) in [5, 5.41) is 9.20. The van der Waals surface area contributed by atoms with Gasteiger partial charge in [-0.3, -0.25) is 4.52 Å². The molecule has 142 valence electrons. The van der Waals surface area contributed by atoms with Gasteiger partial charge in [0.25, 0.3) is 0 Å². The van der Waals surface area contributed by atoms with E-state index in [0.717, 1.165) is 18.2 Å². The zero-order valence-electron chi connectivity index (χ0n) is 12.5. The van der Waals surface area contributed by atoms with E-state index in [9.17, 15) is 27.4 Å². The van der Waals surface area contributed by atoms with Crippen LogP contribution in [0.2, 0.25) is 0 Å². The molecule has 0 aliphatic carbocycles. The van der Waals surface area contributed by atoms with Gasteiger partial charge in [0.15, 0.2) is 0 Å². The molecule has 1 atom stereocenters. The highest BCUT2D eigenvalue weighted by molar-refractivity contribution is 7.60. The van der Waals surface area contributed by atoms with Crippen molar-refractivity contribution in [2.24, 2.45) is 0 Å². The molecule has 13 heteroatoms. The summed E-state index contributed by atoms with van der Waals surface area (Å²) in [4.78, 5) is 25.9. The molecule has 1 rings (SSSR count). The quantitative estimate of drug-likeness (QED) is 0.382. The minimum Gasteiger partial charge on any atom is -0.392 e. The van der Waals surface area contributed by atoms with Crippen LogP contribution in [0.5, 0.6) is 0 Å². The molecular weight excluding hydrogens is 391 g/mol. The third kappa shape index (κ3) is 8.75. The van der Waals surface area contributed by atoms with E-state index in [4.69, 9.17) is 14.7 Å². The van der Waals surface area contributed by atoms with E-state index >= 15 is 0 Å². The van der Waals surface area contributed by atoms with Gasteiger partial charge in [0.2, 0.25) is 0 Å². The van der Waals surface area contributed by atoms with Gasteiger partial charge in [-0.15, -0.1) is 0 Å². The predicted octanol–water partition coefficient (Wildman–Crippen LogP) is 2.39. The summed E-state index contributed by atoms with van der Waals surface area (Å²) in [5.41, 5.74) is -0.146. The molecule has 0 radical (unpaired) electrons. The molecule has 0 bridgehead atoms. The van der Waals surface area contributed by atoms with Crippen molar-refractivity contribution >= 4 is 15.6 Å². The number of aliphatic hydroxyl groups excluding tert-OH is 1. The van der Waals surface area contributed by atoms with Crippen molar-refractivity contribution < 1.29 is 50.9 Å². The normalized spacial score (nSPS) is 15.9. The van der Waals surface area contributed by atoms with Crippen molar-refractivity contribution in [1.82, 2.24) is 0 Å². The highest BCUT2D eigenvalue weighted by atomic mass is 31.3. The molecule has 25 heavy (non-hydrogen) atoms. The van der Waals surface area contributed by atoms with Crippen LogP contribution < -0.4 is 0 Å². The Labute approximate surface area is 140 Å². The fourth-order valence-electron chi connectivity index (χ4n) is 1.67. The second-order valence-electron chi connectivity index (χ2n) is 4.73. The van der Waals surface area contributed by atoms with Crippen LogP contribution in [0.4, 0.5) is 13.2 Å². The highest BCUT2D eigenvalue weighted by Gasteiger charge is 2.32. The molecule has 0 aromatic heterocycles. The molecule has 4 N–H and O–H groups in total. The zero-order valence-corrected chi connectivity index (χ0v) is 14.2. The maximum Gasteiger partial charge on any atom is 0.481 e. The van der Waals surface area contributed by atoms with Gasteiger partial charge in [-0.1, -0.05) is 18.2 Å². The summed E-state index contributed by atoms with van der Waals surface area (Å²) in [5.74, 6) is 0. The standard InChI is InChI=1S/C12H15F3O8P2/c13-12(14,15)11-3-1-9(2-4-11)7-10(8-16)5-6-22-25(20,21)23-24(17,18)19/h1-5,16H,6-8H2,(H,20,21)(H2,17,18,19)/b10-5+. The van der Waals surface area contributed by atoms with E-state index in [-0.39, 0.29) is 12.0 Å². The Morgan fingerprint density at radius 1 is 1.12 bits per heavy atom. The molecule has 8 nitrogen and oxygen atoms in total. The molecule has 0 amide bonds. The van der Waals surface area contributed by atoms with E-state index in [1.54, 1.807) is 0 Å². The number of phosphoric ester groups is 1. The molecule has 0 aliphatic heterocycles. The second-order valence-corrected chi connectivity index (χ2v) is 7.56. The van der Waals surface area contributed by atoms with Gasteiger partial charge >= 0.3 is 21.8 Å². The van der Waals surface area contributed by atoms with Crippen molar-refractivity contribution in [1.29, 1.82) is 0 Å². The number of alkyl halides is 3. The monoisotopic (exact) mass is 406 g/mol. The van der Waals surface area contributed by atoms with E-state index < -0.39 is 40.6 Å². The van der Waals surface area contributed by atoms with Crippen molar-refractivity contribution in [2.45, 2.75) is 12.6 Å². The molecule has 1 unspecified atom stereocenters. The average Bonchev–Trinajstić information content (AvgIpc) is 2.43. The molecule has 0 fully saturated rings. The molecule has 0 saturated carbocycles. The van der Waals surface area contributed by atoms with E-state index in [2.05, 4.69) is 8.83 Å². The van der Waals surface area contributed by atoms with Crippen LogP contribution in [0.15, 0.2) is 35.9 Å². The number of halogens is 3. The Morgan fingerprint density at radius 2 is 1.68 bits per heavy atom. The fraction of sp³-hybridized carbons (Fsp3) is 0.333. The molecule has 0 saturated heterocycles. The Kier molecular flexibility index (Phi) is 7.54. The van der Waals surface area contributed by atoms with Crippen molar-refractivity contribution in [3.8, 4) is 0 Å². The Bertz CT molecular complexity index is 695. The third-order valence-corrected chi connectivity index (χ3v) is 4.89. The molecule has 0 aliphatic rings. The van der Waals surface area contributed by atoms with Gasteiger partial charge in [-0.05, 0) is 29.7 Å². The summed E-state index contributed by atoms with van der Waals surface area (Å²) in [6.45, 7) is -1.14. The van der Waals surface area contributed by atoms with Crippen LogP contribution in [0.25, 0.3) is 0 Å². The maximum atomic E-state index is 12.5. The van der Waals surface area contributed by atoms with Crippen LogP contribution in [0.3, 0.4) is 0 Å². The lowest BCUT2D eigenvalue weighted by molar-refractivity contribution is -0.137. The lowest BCUT2D eigenvalue weighted by Crippen LogP contribution is -2.05. The minimum absolute atomic E-state index is 0.0348. The summed E-state index contributed by atoms with van der Waals surface area (Å²) in [6.07, 6.45) is -3.29. The molecule has 1 aromatic rings. The summed E-state index contributed by atoms with van der Waals surface area (Å²) >= 11 is 0. The van der Waals surface area contributed by atoms with Crippen molar-refractivity contribution in [3.63, 3.8) is 0 Å². The van der Waals surface area contributed by atoms with Gasteiger partial charge in [-0.2, -0.15) is 17.5 Å². The second kappa shape index (κ2) is 8.57. The average molecular weight is 406 g/mol. The van der Waals surface area contributed by atoms with Gasteiger partial charge < -0.3 is 19.8 Å². The fourth-order valence-corrected chi connectivity index (χ4v) is 3.20. The minimum atomic E-state index is -5.23. The number of hydrogen-bond acceptors (Lipinski definition) is 5. The van der Waals surface area contributed by atoms with Gasteiger partial charge in [0.1, 0.15) is 0 Å². The van der Waals surface area contributed by atoms with Crippen LogP contribution in [0.1, 0.15) is 11.1 Å². The van der Waals surface area contributed by atoms with Crippen LogP contribution in [0, 0.1) is 0 Å². The number of aliphatic hydroxyl groups is 1. The van der Waals surface area contributed by atoms with Gasteiger partial charge in [0, 0.05) is 0 Å². The lowest BCUT2D eigenvalue weighted by atomic mass is 10.0. The van der Waals surface area contributed by atoms with E-state index in [1.165, 1.54) is 12.1 Å². The highest BCUT2D eigenvalue weighted by Crippen LogP contribution is 2.57. The van der Waals surface area contributed by atoms with Gasteiger partial charge in [0.05, 0.1) is 18.8 Å². The summed E-state index contributed by atoms with van der Waals surface area (Å²) in [6, 6.07) is 4.16. The Morgan fingerprint density at radius 3 is 2.12 bits per heavy atom. The number of phosphoric acid groups is 2. The first-order chi connectivity index (χ1) is 11.3. The molecule has 0 spiro atoms. The first kappa shape index (κ1) is 22.0. The van der Waals surface area contributed by atoms with Gasteiger partial charge in [-0.25, -0.2) is 9.13 Å². The number of benzene rings is 1. The first-order valence-electron chi connectivity index (χ1n) is 6.51. The Balaban J connectivity index is 2.68. The SMILES string of the molecule is O=P(O)(O)OP(=O)(O)OC/C=C(/CO)Cc1ccc(C(F)(F)F)cc1. The lowest BCUT2D eigenvalue weighted by Gasteiger charge is -2.12.